The topological polar surface area (TPSA) is 157 Å². The molecule has 1 atom stereocenters. The van der Waals surface area contributed by atoms with Crippen molar-refractivity contribution in [2.75, 3.05) is 31.5 Å². The smallest absolute Gasteiger partial charge is 0.382 e. The van der Waals surface area contributed by atoms with E-state index in [2.05, 4.69) is 25.3 Å². The quantitative estimate of drug-likeness (QED) is 0.410. The minimum Gasteiger partial charge on any atom is -0.382 e. The van der Waals surface area contributed by atoms with Gasteiger partial charge >= 0.3 is 6.18 Å². The molecule has 1 unspecified atom stereocenters. The van der Waals surface area contributed by atoms with Crippen LogP contribution in [-0.2, 0) is 11.0 Å². The molecule has 0 spiro atoms. The van der Waals surface area contributed by atoms with E-state index in [0.29, 0.717) is 38.0 Å². The van der Waals surface area contributed by atoms with Crippen LogP contribution in [0.4, 0.5) is 19.1 Å². The molecule has 13 heteroatoms. The normalized spacial score (nSPS) is 15.7. The highest BCUT2D eigenvalue weighted by Gasteiger charge is 2.32. The van der Waals surface area contributed by atoms with E-state index in [-0.39, 0.29) is 46.6 Å². The van der Waals surface area contributed by atoms with E-state index >= 15 is 0 Å². The van der Waals surface area contributed by atoms with Crippen LogP contribution < -0.4 is 11.1 Å². The third-order valence-corrected chi connectivity index (χ3v) is 6.01. The predicted molar refractivity (Wildman–Crippen MR) is 120 cm³/mol. The minimum atomic E-state index is -4.56. The van der Waals surface area contributed by atoms with Gasteiger partial charge in [0.15, 0.2) is 0 Å². The Balaban J connectivity index is 1.50. The van der Waals surface area contributed by atoms with E-state index < -0.39 is 17.8 Å². The van der Waals surface area contributed by atoms with Gasteiger partial charge in [0.2, 0.25) is 5.95 Å². The fraction of sp³-hybridized carbons (Fsp3) is 0.409. The molecule has 3 aromatic heterocycles. The fourth-order valence-corrected chi connectivity index (χ4v) is 4.01. The highest BCUT2D eigenvalue weighted by atomic mass is 19.4. The number of hydrogen-bond acceptors (Lipinski definition) is 8. The number of anilines is 1. The lowest BCUT2D eigenvalue weighted by Gasteiger charge is -2.33. The van der Waals surface area contributed by atoms with Crippen LogP contribution in [0.5, 0.6) is 0 Å². The zero-order valence-corrected chi connectivity index (χ0v) is 18.5. The molecule has 1 aliphatic heterocycles. The number of nitrogens with one attached hydrogen (secondary N) is 2. The molecular formula is C22H23F3N8O2. The molecule has 184 valence electrons. The summed E-state index contributed by atoms with van der Waals surface area (Å²) in [5, 5.41) is 22.5. The van der Waals surface area contributed by atoms with Crippen molar-refractivity contribution in [3.8, 4) is 17.3 Å². The first-order valence-corrected chi connectivity index (χ1v) is 10.9. The Hall–Kier alpha value is -3.76. The Morgan fingerprint density at radius 1 is 1.34 bits per heavy atom. The van der Waals surface area contributed by atoms with Gasteiger partial charge in [0.1, 0.15) is 17.8 Å². The van der Waals surface area contributed by atoms with E-state index in [1.54, 1.807) is 4.90 Å². The van der Waals surface area contributed by atoms with Crippen LogP contribution in [0.2, 0.25) is 0 Å². The number of fused-ring (bicyclic) bond motifs is 1. The summed E-state index contributed by atoms with van der Waals surface area (Å²) in [6, 6.07) is 2.95. The lowest BCUT2D eigenvalue weighted by Crippen LogP contribution is -2.46. The van der Waals surface area contributed by atoms with Gasteiger partial charge in [-0.3, -0.25) is 4.79 Å². The number of aliphatic hydroxyl groups excluding tert-OH is 1. The second-order valence-corrected chi connectivity index (χ2v) is 8.29. The van der Waals surface area contributed by atoms with Crippen LogP contribution in [0.1, 0.15) is 24.0 Å². The molecule has 5 N–H and O–H groups in total. The highest BCUT2D eigenvalue weighted by molar-refractivity contribution is 5.94. The number of amides is 1. The summed E-state index contributed by atoms with van der Waals surface area (Å²) in [6.45, 7) is 1.36. The molecular weight excluding hydrogens is 465 g/mol. The first-order chi connectivity index (χ1) is 16.7. The molecule has 0 saturated carbocycles. The molecule has 1 aliphatic rings. The SMILES string of the molecule is N#Cc1cnc(NCC2CCN(C(=O)C(O)CN)CC2)nc1-c1c[nH]c2ncc(C(F)(F)F)cc12. The summed E-state index contributed by atoms with van der Waals surface area (Å²) >= 11 is 0. The van der Waals surface area contributed by atoms with E-state index in [1.165, 1.54) is 12.4 Å². The zero-order valence-electron chi connectivity index (χ0n) is 18.5. The lowest BCUT2D eigenvalue weighted by atomic mass is 9.96. The van der Waals surface area contributed by atoms with Crippen molar-refractivity contribution in [1.29, 1.82) is 5.26 Å². The second-order valence-electron chi connectivity index (χ2n) is 8.29. The maximum Gasteiger partial charge on any atom is 0.417 e. The van der Waals surface area contributed by atoms with Gasteiger partial charge in [-0.2, -0.15) is 18.4 Å². The number of hydrogen-bond donors (Lipinski definition) is 4. The number of carbonyl (C=O) groups is 1. The lowest BCUT2D eigenvalue weighted by molar-refractivity contribution is -0.141. The molecule has 35 heavy (non-hydrogen) atoms. The maximum absolute atomic E-state index is 13.2. The van der Waals surface area contributed by atoms with E-state index in [9.17, 15) is 28.3 Å². The van der Waals surface area contributed by atoms with E-state index in [4.69, 9.17) is 5.73 Å². The van der Waals surface area contributed by atoms with Crippen LogP contribution >= 0.6 is 0 Å². The molecule has 0 radical (unpaired) electrons. The van der Waals surface area contributed by atoms with Crippen molar-refractivity contribution in [2.45, 2.75) is 25.1 Å². The summed E-state index contributed by atoms with van der Waals surface area (Å²) in [5.74, 6) is 0.0645. The van der Waals surface area contributed by atoms with Crippen LogP contribution in [0.25, 0.3) is 22.3 Å². The van der Waals surface area contributed by atoms with Gasteiger partial charge in [0.05, 0.1) is 23.0 Å². The van der Waals surface area contributed by atoms with Gasteiger partial charge in [-0.15, -0.1) is 0 Å². The molecule has 0 aromatic carbocycles. The Morgan fingerprint density at radius 2 is 2.09 bits per heavy atom. The average molecular weight is 488 g/mol. The highest BCUT2D eigenvalue weighted by Crippen LogP contribution is 2.34. The average Bonchev–Trinajstić information content (AvgIpc) is 3.29. The molecule has 1 amide bonds. The second kappa shape index (κ2) is 9.85. The van der Waals surface area contributed by atoms with Gasteiger partial charge in [-0.25, -0.2) is 15.0 Å². The summed E-state index contributed by atoms with van der Waals surface area (Å²) in [7, 11) is 0. The number of halogens is 3. The summed E-state index contributed by atoms with van der Waals surface area (Å²) in [4.78, 5) is 28.9. The summed E-state index contributed by atoms with van der Waals surface area (Å²) in [5.41, 5.74) is 5.30. The maximum atomic E-state index is 13.2. The predicted octanol–water partition coefficient (Wildman–Crippen LogP) is 1.88. The molecule has 1 fully saturated rings. The molecule has 3 aromatic rings. The number of nitriles is 1. The number of piperidine rings is 1. The van der Waals surface area contributed by atoms with Crippen LogP contribution in [-0.4, -0.2) is 68.1 Å². The van der Waals surface area contributed by atoms with Gasteiger partial charge in [0.25, 0.3) is 5.91 Å². The van der Waals surface area contributed by atoms with E-state index in [1.807, 2.05) is 6.07 Å². The number of alkyl halides is 3. The summed E-state index contributed by atoms with van der Waals surface area (Å²) in [6.07, 6.45) is -0.818. The number of aromatic amines is 1. The van der Waals surface area contributed by atoms with Crippen molar-refractivity contribution < 1.29 is 23.1 Å². The number of nitrogens with two attached hydrogens (primary N) is 1. The number of H-pyrrole nitrogens is 1. The number of nitrogens with zero attached hydrogens (tertiary/aromatic N) is 5. The molecule has 1 saturated heterocycles. The van der Waals surface area contributed by atoms with Gasteiger partial charge in [-0.05, 0) is 24.8 Å². The standard InChI is InChI=1S/C22H23F3N8O2/c23-22(24,25)14-5-15-16(11-29-19(15)28-10-14)18-13(6-26)9-31-21(32-18)30-8-12-1-3-33(4-2-12)20(35)17(34)7-27/h5,9-12,17,34H,1-4,7-8,27H2,(H,28,29)(H,30,31,32). The molecule has 4 rings (SSSR count). The number of carbonyl (C=O) groups excluding carboxylic acids is 1. The van der Waals surface area contributed by atoms with Crippen molar-refractivity contribution in [3.63, 3.8) is 0 Å². The summed E-state index contributed by atoms with van der Waals surface area (Å²) < 4.78 is 39.6. The zero-order chi connectivity index (χ0) is 25.2. The van der Waals surface area contributed by atoms with Crippen molar-refractivity contribution in [2.24, 2.45) is 11.7 Å². The van der Waals surface area contributed by atoms with Gasteiger partial charge in [0, 0.05) is 49.5 Å². The van der Waals surface area contributed by atoms with Crippen LogP contribution in [0.15, 0.2) is 24.7 Å². The number of aliphatic hydroxyl groups is 1. The Labute approximate surface area is 198 Å². The molecule has 0 bridgehead atoms. The Bertz CT molecular complexity index is 1260. The Kier molecular flexibility index (Phi) is 6.86. The first-order valence-electron chi connectivity index (χ1n) is 10.9. The van der Waals surface area contributed by atoms with Crippen molar-refractivity contribution in [1.82, 2.24) is 24.8 Å². The molecule has 0 aliphatic carbocycles. The Morgan fingerprint density at radius 3 is 2.74 bits per heavy atom. The monoisotopic (exact) mass is 488 g/mol. The van der Waals surface area contributed by atoms with E-state index in [0.717, 1.165) is 12.3 Å². The molecule has 10 nitrogen and oxygen atoms in total. The number of rotatable bonds is 6. The van der Waals surface area contributed by atoms with Crippen LogP contribution in [0.3, 0.4) is 0 Å². The fourth-order valence-electron chi connectivity index (χ4n) is 4.01. The van der Waals surface area contributed by atoms with Gasteiger partial charge in [-0.1, -0.05) is 0 Å². The third kappa shape index (κ3) is 5.18. The third-order valence-electron chi connectivity index (χ3n) is 6.01. The van der Waals surface area contributed by atoms with Crippen LogP contribution in [0, 0.1) is 17.2 Å². The van der Waals surface area contributed by atoms with Crippen molar-refractivity contribution in [3.05, 3.63) is 35.8 Å². The number of pyridine rings is 1. The van der Waals surface area contributed by atoms with Gasteiger partial charge < -0.3 is 26.0 Å². The molecule has 4 heterocycles. The first kappa shape index (κ1) is 24.4. The number of aromatic nitrogens is 4. The van der Waals surface area contributed by atoms with Crippen molar-refractivity contribution >= 4 is 22.9 Å². The largest absolute Gasteiger partial charge is 0.417 e. The minimum absolute atomic E-state index is 0.110. The number of likely N-dealkylation sites (tertiary alicyclic amines) is 1.